The van der Waals surface area contributed by atoms with Crippen molar-refractivity contribution in [2.75, 3.05) is 5.32 Å². The molecule has 0 atom stereocenters. The number of rotatable bonds is 5. The van der Waals surface area contributed by atoms with Crippen molar-refractivity contribution in [3.05, 3.63) is 60.1 Å². The molecule has 0 aromatic carbocycles. The Morgan fingerprint density at radius 2 is 2.07 bits per heavy atom. The number of carbonyl (C=O) groups is 1. The molecule has 0 radical (unpaired) electrons. The highest BCUT2D eigenvalue weighted by atomic mass is 16.1. The molecule has 142 valence electrons. The van der Waals surface area contributed by atoms with Crippen LogP contribution in [0.5, 0.6) is 0 Å². The van der Waals surface area contributed by atoms with Crippen LogP contribution in [0.15, 0.2) is 43.0 Å². The molecular weight excluding hydrogens is 354 g/mol. The molecule has 4 aromatic heterocycles. The summed E-state index contributed by atoms with van der Waals surface area (Å²) in [6, 6.07) is 5.84. The van der Waals surface area contributed by atoms with Crippen molar-refractivity contribution in [2.45, 2.75) is 26.7 Å². The summed E-state index contributed by atoms with van der Waals surface area (Å²) in [6.07, 6.45) is 8.08. The van der Waals surface area contributed by atoms with Crippen LogP contribution in [0, 0.1) is 13.8 Å². The standard InChI is InChI=1S/C20H21N7O/c1-13-10-18(25-26(13)3)24-20(28)7-5-15-4-6-16(14(2)23-15)17-11-22-19-12-21-8-9-27(17)19/h4,6,8-12H,5,7H2,1-3H3,(H,24,25,28). The van der Waals surface area contributed by atoms with Gasteiger partial charge in [-0.3, -0.25) is 23.8 Å². The van der Waals surface area contributed by atoms with Crippen LogP contribution < -0.4 is 5.32 Å². The van der Waals surface area contributed by atoms with E-state index in [-0.39, 0.29) is 5.91 Å². The number of imidazole rings is 1. The number of amides is 1. The first kappa shape index (κ1) is 17.8. The Hall–Kier alpha value is -3.55. The summed E-state index contributed by atoms with van der Waals surface area (Å²) in [4.78, 5) is 25.3. The SMILES string of the molecule is Cc1nc(CCC(=O)Nc2cc(C)n(C)n2)ccc1-c1cnc2cnccn12. The average Bonchev–Trinajstić information content (AvgIpc) is 3.23. The highest BCUT2D eigenvalue weighted by Crippen LogP contribution is 2.23. The summed E-state index contributed by atoms with van der Waals surface area (Å²) in [5.41, 5.74) is 5.54. The van der Waals surface area contributed by atoms with Gasteiger partial charge in [0.2, 0.25) is 5.91 Å². The van der Waals surface area contributed by atoms with E-state index in [1.807, 2.05) is 55.9 Å². The first-order chi connectivity index (χ1) is 13.5. The molecule has 0 unspecified atom stereocenters. The summed E-state index contributed by atoms with van der Waals surface area (Å²) < 4.78 is 3.72. The van der Waals surface area contributed by atoms with Crippen molar-refractivity contribution in [2.24, 2.45) is 7.05 Å². The number of carbonyl (C=O) groups excluding carboxylic acids is 1. The van der Waals surface area contributed by atoms with Gasteiger partial charge in [-0.05, 0) is 32.4 Å². The fraction of sp³-hybridized carbons (Fsp3) is 0.250. The Bertz CT molecular complexity index is 1140. The van der Waals surface area contributed by atoms with Gasteiger partial charge in [0.1, 0.15) is 0 Å². The zero-order valence-electron chi connectivity index (χ0n) is 16.0. The molecule has 0 spiro atoms. The van der Waals surface area contributed by atoms with Crippen molar-refractivity contribution in [1.29, 1.82) is 0 Å². The van der Waals surface area contributed by atoms with Gasteiger partial charge >= 0.3 is 0 Å². The molecule has 0 bridgehead atoms. The van der Waals surface area contributed by atoms with Crippen LogP contribution in [0.4, 0.5) is 5.82 Å². The van der Waals surface area contributed by atoms with E-state index in [9.17, 15) is 4.79 Å². The van der Waals surface area contributed by atoms with Crippen LogP contribution in [0.25, 0.3) is 16.9 Å². The summed E-state index contributed by atoms with van der Waals surface area (Å²) in [7, 11) is 1.85. The van der Waals surface area contributed by atoms with Crippen LogP contribution in [0.1, 0.15) is 23.5 Å². The number of fused-ring (bicyclic) bond motifs is 1. The zero-order valence-corrected chi connectivity index (χ0v) is 16.0. The van der Waals surface area contributed by atoms with Gasteiger partial charge in [0.15, 0.2) is 11.5 Å². The smallest absolute Gasteiger partial charge is 0.225 e. The van der Waals surface area contributed by atoms with E-state index in [1.165, 1.54) is 0 Å². The number of pyridine rings is 1. The van der Waals surface area contributed by atoms with Gasteiger partial charge in [0.25, 0.3) is 0 Å². The van der Waals surface area contributed by atoms with Gasteiger partial charge in [0, 0.05) is 54.6 Å². The van der Waals surface area contributed by atoms with Crippen LogP contribution in [-0.2, 0) is 18.3 Å². The second-order valence-electron chi connectivity index (χ2n) is 6.73. The molecule has 0 fully saturated rings. The highest BCUT2D eigenvalue weighted by molar-refractivity contribution is 5.89. The summed E-state index contributed by atoms with van der Waals surface area (Å²) in [6.45, 7) is 3.91. The number of hydrogen-bond donors (Lipinski definition) is 1. The number of nitrogens with zero attached hydrogens (tertiary/aromatic N) is 6. The third-order valence-electron chi connectivity index (χ3n) is 4.73. The van der Waals surface area contributed by atoms with E-state index >= 15 is 0 Å². The number of aromatic nitrogens is 6. The first-order valence-electron chi connectivity index (χ1n) is 9.06. The monoisotopic (exact) mass is 375 g/mol. The largest absolute Gasteiger partial charge is 0.309 e. The molecule has 1 N–H and O–H groups in total. The van der Waals surface area contributed by atoms with Crippen molar-refractivity contribution in [1.82, 2.24) is 29.1 Å². The predicted octanol–water partition coefficient (Wildman–Crippen LogP) is 2.71. The lowest BCUT2D eigenvalue weighted by molar-refractivity contribution is -0.116. The van der Waals surface area contributed by atoms with Crippen molar-refractivity contribution < 1.29 is 4.79 Å². The zero-order chi connectivity index (χ0) is 19.7. The molecule has 4 rings (SSSR count). The Balaban J connectivity index is 1.45. The second kappa shape index (κ2) is 7.22. The summed E-state index contributed by atoms with van der Waals surface area (Å²) in [5, 5.41) is 7.07. The van der Waals surface area contributed by atoms with Crippen LogP contribution in [0.2, 0.25) is 0 Å². The maximum Gasteiger partial charge on any atom is 0.225 e. The normalized spacial score (nSPS) is 11.1. The van der Waals surface area contributed by atoms with E-state index < -0.39 is 0 Å². The van der Waals surface area contributed by atoms with Gasteiger partial charge < -0.3 is 5.32 Å². The molecule has 0 saturated carbocycles. The van der Waals surface area contributed by atoms with E-state index in [0.717, 1.165) is 34.0 Å². The number of hydrogen-bond acceptors (Lipinski definition) is 5. The van der Waals surface area contributed by atoms with Gasteiger partial charge in [-0.15, -0.1) is 0 Å². The number of anilines is 1. The molecule has 4 heterocycles. The molecule has 0 aliphatic rings. The third-order valence-corrected chi connectivity index (χ3v) is 4.73. The van der Waals surface area contributed by atoms with Gasteiger partial charge in [-0.1, -0.05) is 0 Å². The van der Waals surface area contributed by atoms with Crippen molar-refractivity contribution in [3.8, 4) is 11.3 Å². The molecule has 4 aromatic rings. The lowest BCUT2D eigenvalue weighted by atomic mass is 10.1. The van der Waals surface area contributed by atoms with Crippen molar-refractivity contribution in [3.63, 3.8) is 0 Å². The second-order valence-corrected chi connectivity index (χ2v) is 6.73. The van der Waals surface area contributed by atoms with Crippen LogP contribution in [0.3, 0.4) is 0 Å². The predicted molar refractivity (Wildman–Crippen MR) is 106 cm³/mol. The van der Waals surface area contributed by atoms with Crippen LogP contribution in [-0.4, -0.2) is 35.0 Å². The Kier molecular flexibility index (Phi) is 4.60. The maximum absolute atomic E-state index is 12.2. The minimum atomic E-state index is -0.0732. The van der Waals surface area contributed by atoms with Gasteiger partial charge in [0.05, 0.1) is 18.1 Å². The van der Waals surface area contributed by atoms with Gasteiger partial charge in [-0.2, -0.15) is 5.10 Å². The Morgan fingerprint density at radius 3 is 2.82 bits per heavy atom. The van der Waals surface area contributed by atoms with Crippen molar-refractivity contribution >= 4 is 17.4 Å². The minimum absolute atomic E-state index is 0.0732. The van der Waals surface area contributed by atoms with Crippen LogP contribution >= 0.6 is 0 Å². The molecule has 28 heavy (non-hydrogen) atoms. The van der Waals surface area contributed by atoms with E-state index in [1.54, 1.807) is 17.1 Å². The molecule has 0 aliphatic heterocycles. The first-order valence-corrected chi connectivity index (χ1v) is 9.06. The van der Waals surface area contributed by atoms with E-state index in [4.69, 9.17) is 0 Å². The molecule has 0 saturated heterocycles. The lowest BCUT2D eigenvalue weighted by Crippen LogP contribution is -2.13. The van der Waals surface area contributed by atoms with E-state index in [0.29, 0.717) is 18.7 Å². The Labute approximate surface area is 162 Å². The minimum Gasteiger partial charge on any atom is -0.309 e. The number of nitrogens with one attached hydrogen (secondary N) is 1. The van der Waals surface area contributed by atoms with E-state index in [2.05, 4.69) is 25.4 Å². The fourth-order valence-corrected chi connectivity index (χ4v) is 3.13. The molecule has 0 aliphatic carbocycles. The maximum atomic E-state index is 12.2. The number of aryl methyl sites for hydroxylation is 4. The third kappa shape index (κ3) is 3.48. The molecule has 8 nitrogen and oxygen atoms in total. The highest BCUT2D eigenvalue weighted by Gasteiger charge is 2.11. The molecular formula is C20H21N7O. The molecule has 1 amide bonds. The summed E-state index contributed by atoms with van der Waals surface area (Å²) >= 11 is 0. The molecule has 8 heteroatoms. The average molecular weight is 375 g/mol. The Morgan fingerprint density at radius 1 is 1.21 bits per heavy atom. The lowest BCUT2D eigenvalue weighted by Gasteiger charge is -2.08. The topological polar surface area (TPSA) is 90.0 Å². The summed E-state index contributed by atoms with van der Waals surface area (Å²) in [5.74, 6) is 0.502. The quantitative estimate of drug-likeness (QED) is 0.579. The van der Waals surface area contributed by atoms with Gasteiger partial charge in [-0.25, -0.2) is 4.98 Å². The fourth-order valence-electron chi connectivity index (χ4n) is 3.13.